The molecule has 23 heavy (non-hydrogen) atoms. The molecule has 0 spiro atoms. The Balaban J connectivity index is 2.93. The molecule has 1 atom stereocenters. The Morgan fingerprint density at radius 1 is 1.39 bits per heavy atom. The van der Waals surface area contributed by atoms with Gasteiger partial charge in [0.1, 0.15) is 5.75 Å². The van der Waals surface area contributed by atoms with E-state index in [4.69, 9.17) is 15.9 Å². The lowest BCUT2D eigenvalue weighted by molar-refractivity contribution is -0.153. The van der Waals surface area contributed by atoms with E-state index in [0.717, 1.165) is 5.56 Å². The van der Waals surface area contributed by atoms with Gasteiger partial charge in [-0.1, -0.05) is 12.1 Å². The highest BCUT2D eigenvalue weighted by Gasteiger charge is 2.20. The van der Waals surface area contributed by atoms with Gasteiger partial charge in [-0.05, 0) is 31.4 Å². The van der Waals surface area contributed by atoms with Crippen LogP contribution < -0.4 is 10.1 Å². The number of ether oxygens (including phenoxy) is 2. The standard InChI is InChI=1S/C17H21NO5/c1-5-16(19)18-10-13-8-12(6-7-14(13)22-4)9-15(17(20)21)23-11(2)3/h1,6-8,11,15H,9-10H2,2-4H3,(H,18,19)(H,20,21). The third-order valence-electron chi connectivity index (χ3n) is 3.05. The Morgan fingerprint density at radius 2 is 2.09 bits per heavy atom. The lowest BCUT2D eigenvalue weighted by atomic mass is 10.0. The number of carboxylic acid groups (broad SMARTS) is 1. The quantitative estimate of drug-likeness (QED) is 0.707. The van der Waals surface area contributed by atoms with Gasteiger partial charge in [-0.15, -0.1) is 6.42 Å². The van der Waals surface area contributed by atoms with E-state index in [1.807, 2.05) is 5.92 Å². The number of carboxylic acids is 1. The minimum absolute atomic E-state index is 0.191. The van der Waals surface area contributed by atoms with Crippen LogP contribution in [0.3, 0.4) is 0 Å². The summed E-state index contributed by atoms with van der Waals surface area (Å²) in [7, 11) is 1.52. The Hall–Kier alpha value is -2.52. The summed E-state index contributed by atoms with van der Waals surface area (Å²) in [6, 6.07) is 5.27. The zero-order valence-electron chi connectivity index (χ0n) is 13.5. The number of benzene rings is 1. The summed E-state index contributed by atoms with van der Waals surface area (Å²) >= 11 is 0. The van der Waals surface area contributed by atoms with Crippen molar-refractivity contribution in [3.63, 3.8) is 0 Å². The number of carbonyl (C=O) groups is 2. The molecule has 0 heterocycles. The van der Waals surface area contributed by atoms with Crippen LogP contribution in [0.1, 0.15) is 25.0 Å². The summed E-state index contributed by atoms with van der Waals surface area (Å²) in [6.45, 7) is 3.76. The van der Waals surface area contributed by atoms with Crippen molar-refractivity contribution in [1.29, 1.82) is 0 Å². The van der Waals surface area contributed by atoms with Crippen LogP contribution in [0.25, 0.3) is 0 Å². The molecule has 6 nitrogen and oxygen atoms in total. The van der Waals surface area contributed by atoms with Crippen LogP contribution in [0.5, 0.6) is 5.75 Å². The van der Waals surface area contributed by atoms with E-state index >= 15 is 0 Å². The largest absolute Gasteiger partial charge is 0.496 e. The van der Waals surface area contributed by atoms with Crippen molar-refractivity contribution < 1.29 is 24.2 Å². The minimum atomic E-state index is -1.02. The fourth-order valence-electron chi connectivity index (χ4n) is 2.06. The van der Waals surface area contributed by atoms with Crippen LogP contribution in [0, 0.1) is 12.3 Å². The van der Waals surface area contributed by atoms with Crippen LogP contribution >= 0.6 is 0 Å². The van der Waals surface area contributed by atoms with Crippen molar-refractivity contribution >= 4 is 11.9 Å². The number of amides is 1. The van der Waals surface area contributed by atoms with E-state index in [0.29, 0.717) is 11.3 Å². The Morgan fingerprint density at radius 3 is 2.61 bits per heavy atom. The van der Waals surface area contributed by atoms with Crippen LogP contribution in [-0.4, -0.2) is 36.3 Å². The first kappa shape index (κ1) is 18.5. The van der Waals surface area contributed by atoms with Gasteiger partial charge in [0.15, 0.2) is 6.10 Å². The van der Waals surface area contributed by atoms with Gasteiger partial charge in [-0.2, -0.15) is 0 Å². The zero-order chi connectivity index (χ0) is 17.4. The first-order chi connectivity index (χ1) is 10.9. The summed E-state index contributed by atoms with van der Waals surface area (Å²) in [6.07, 6.45) is 4.10. The smallest absolute Gasteiger partial charge is 0.333 e. The fraction of sp³-hybridized carbons (Fsp3) is 0.412. The van der Waals surface area contributed by atoms with E-state index in [9.17, 15) is 14.7 Å². The summed E-state index contributed by atoms with van der Waals surface area (Å²) in [5, 5.41) is 11.8. The predicted molar refractivity (Wildman–Crippen MR) is 85.0 cm³/mol. The van der Waals surface area contributed by atoms with Gasteiger partial charge in [0.25, 0.3) is 5.91 Å². The number of rotatable bonds is 8. The first-order valence-electron chi connectivity index (χ1n) is 7.15. The molecule has 0 aliphatic carbocycles. The van der Waals surface area contributed by atoms with E-state index in [1.165, 1.54) is 7.11 Å². The number of hydrogen-bond donors (Lipinski definition) is 2. The normalized spacial score (nSPS) is 11.6. The number of terminal acetylenes is 1. The van der Waals surface area contributed by atoms with Gasteiger partial charge in [0.05, 0.1) is 13.2 Å². The molecule has 0 radical (unpaired) electrons. The van der Waals surface area contributed by atoms with Crippen molar-refractivity contribution in [2.75, 3.05) is 7.11 Å². The van der Waals surface area contributed by atoms with Gasteiger partial charge in [0, 0.05) is 18.5 Å². The lowest BCUT2D eigenvalue weighted by Gasteiger charge is -2.17. The molecule has 6 heteroatoms. The molecule has 1 unspecified atom stereocenters. The SMILES string of the molecule is C#CC(=O)NCc1cc(CC(OC(C)C)C(=O)O)ccc1OC. The molecule has 0 aromatic heterocycles. The topological polar surface area (TPSA) is 84.9 Å². The third kappa shape index (κ3) is 6.01. The zero-order valence-corrected chi connectivity index (χ0v) is 13.5. The minimum Gasteiger partial charge on any atom is -0.496 e. The van der Waals surface area contributed by atoms with Crippen LogP contribution in [0.4, 0.5) is 0 Å². The van der Waals surface area contributed by atoms with E-state index in [1.54, 1.807) is 32.0 Å². The van der Waals surface area contributed by atoms with Crippen molar-refractivity contribution in [2.45, 2.75) is 39.0 Å². The Kier molecular flexibility index (Phi) is 7.10. The number of aliphatic carboxylic acids is 1. The predicted octanol–water partition coefficient (Wildman–Crippen LogP) is 1.37. The second-order valence-electron chi connectivity index (χ2n) is 5.19. The summed E-state index contributed by atoms with van der Waals surface area (Å²) in [4.78, 5) is 22.4. The van der Waals surface area contributed by atoms with Crippen LogP contribution in [0.15, 0.2) is 18.2 Å². The highest BCUT2D eigenvalue weighted by molar-refractivity contribution is 5.92. The monoisotopic (exact) mass is 319 g/mol. The molecule has 0 bridgehead atoms. The number of methoxy groups -OCH3 is 1. The van der Waals surface area contributed by atoms with Crippen LogP contribution in [-0.2, 0) is 27.3 Å². The average molecular weight is 319 g/mol. The van der Waals surface area contributed by atoms with Crippen molar-refractivity contribution in [3.8, 4) is 18.1 Å². The van der Waals surface area contributed by atoms with Crippen molar-refractivity contribution in [1.82, 2.24) is 5.32 Å². The molecule has 1 aromatic carbocycles. The molecule has 124 valence electrons. The average Bonchev–Trinajstić information content (AvgIpc) is 2.51. The molecule has 2 N–H and O–H groups in total. The highest BCUT2D eigenvalue weighted by Crippen LogP contribution is 2.21. The second kappa shape index (κ2) is 8.81. The molecule has 0 saturated carbocycles. The second-order valence-corrected chi connectivity index (χ2v) is 5.19. The maximum Gasteiger partial charge on any atom is 0.333 e. The van der Waals surface area contributed by atoms with Gasteiger partial charge < -0.3 is 19.9 Å². The van der Waals surface area contributed by atoms with E-state index in [-0.39, 0.29) is 19.1 Å². The molecule has 0 saturated heterocycles. The molecule has 0 fully saturated rings. The molecule has 0 aliphatic heterocycles. The number of carbonyl (C=O) groups excluding carboxylic acids is 1. The van der Waals surface area contributed by atoms with Crippen molar-refractivity contribution in [3.05, 3.63) is 29.3 Å². The van der Waals surface area contributed by atoms with Gasteiger partial charge in [-0.25, -0.2) is 4.79 Å². The number of hydrogen-bond acceptors (Lipinski definition) is 4. The highest BCUT2D eigenvalue weighted by atomic mass is 16.5. The molecule has 0 aliphatic rings. The molecular formula is C17H21NO5. The van der Waals surface area contributed by atoms with Gasteiger partial charge >= 0.3 is 5.97 Å². The maximum absolute atomic E-state index is 11.3. The number of nitrogens with one attached hydrogen (secondary N) is 1. The molecule has 1 rings (SSSR count). The van der Waals surface area contributed by atoms with Crippen LogP contribution in [0.2, 0.25) is 0 Å². The van der Waals surface area contributed by atoms with E-state index in [2.05, 4.69) is 5.32 Å². The molecule has 1 aromatic rings. The molecular weight excluding hydrogens is 298 g/mol. The van der Waals surface area contributed by atoms with Gasteiger partial charge in [-0.3, -0.25) is 4.79 Å². The summed E-state index contributed by atoms with van der Waals surface area (Å²) in [5.41, 5.74) is 1.48. The fourth-order valence-corrected chi connectivity index (χ4v) is 2.06. The Labute approximate surface area is 135 Å². The molecule has 1 amide bonds. The van der Waals surface area contributed by atoms with E-state index < -0.39 is 18.0 Å². The third-order valence-corrected chi connectivity index (χ3v) is 3.05. The van der Waals surface area contributed by atoms with Crippen molar-refractivity contribution in [2.24, 2.45) is 0 Å². The summed E-state index contributed by atoms with van der Waals surface area (Å²) < 4.78 is 10.6. The first-order valence-corrected chi connectivity index (χ1v) is 7.15. The maximum atomic E-state index is 11.3. The Bertz CT molecular complexity index is 603. The lowest BCUT2D eigenvalue weighted by Crippen LogP contribution is -2.29. The van der Waals surface area contributed by atoms with Gasteiger partial charge in [0.2, 0.25) is 0 Å². The summed E-state index contributed by atoms with van der Waals surface area (Å²) in [5.74, 6) is 1.01.